The minimum Gasteiger partial charge on any atom is -0.454 e. The molecule has 0 radical (unpaired) electrons. The summed E-state index contributed by atoms with van der Waals surface area (Å²) >= 11 is 0. The number of primary sulfonamides is 1. The maximum absolute atomic E-state index is 13.8. The zero-order valence-corrected chi connectivity index (χ0v) is 16.1. The molecule has 0 amide bonds. The number of hydrogen-bond acceptors (Lipinski definition) is 5. The van der Waals surface area contributed by atoms with Crippen LogP contribution in [0.25, 0.3) is 0 Å². The fourth-order valence-electron chi connectivity index (χ4n) is 2.78. The molecule has 7 nitrogen and oxygen atoms in total. The Morgan fingerprint density at radius 2 is 1.85 bits per heavy atom. The van der Waals surface area contributed by atoms with Crippen molar-refractivity contribution in [3.8, 4) is 0 Å². The number of nitrogens with two attached hydrogens (primary N) is 1. The van der Waals surface area contributed by atoms with Crippen LogP contribution in [0.15, 0.2) is 29.2 Å². The number of aromatic nitrogens is 1. The van der Waals surface area contributed by atoms with E-state index in [0.29, 0.717) is 5.56 Å². The van der Waals surface area contributed by atoms with Crippen LogP contribution in [0, 0.1) is 19.7 Å². The summed E-state index contributed by atoms with van der Waals surface area (Å²) in [5.41, 5.74) is 1.49. The fourth-order valence-corrected chi connectivity index (χ4v) is 3.32. The molecule has 0 unspecified atom stereocenters. The highest BCUT2D eigenvalue weighted by molar-refractivity contribution is 7.89. The minimum absolute atomic E-state index is 0.424. The molecule has 2 N–H and O–H groups in total. The molecule has 1 heterocycles. The lowest BCUT2D eigenvalue weighted by Crippen LogP contribution is -2.17. The topological polar surface area (TPSA) is 108 Å². The number of sulfonamides is 1. The average molecular weight is 396 g/mol. The molecule has 2 aromatic rings. The smallest absolute Gasteiger partial charge is 0.341 e. The van der Waals surface area contributed by atoms with Crippen molar-refractivity contribution in [2.24, 2.45) is 5.14 Å². The van der Waals surface area contributed by atoms with Crippen molar-refractivity contribution >= 4 is 21.8 Å². The quantitative estimate of drug-likeness (QED) is 0.571. The van der Waals surface area contributed by atoms with E-state index in [9.17, 15) is 22.4 Å². The van der Waals surface area contributed by atoms with E-state index in [1.807, 2.05) is 18.4 Å². The molecule has 0 atom stereocenters. The molecule has 0 fully saturated rings. The molecule has 0 aliphatic rings. The van der Waals surface area contributed by atoms with Gasteiger partial charge in [0.1, 0.15) is 5.82 Å². The second kappa shape index (κ2) is 8.01. The lowest BCUT2D eigenvalue weighted by atomic mass is 10.1. The summed E-state index contributed by atoms with van der Waals surface area (Å²) in [7, 11) is -4.11. The van der Waals surface area contributed by atoms with Crippen LogP contribution in [0.3, 0.4) is 0 Å². The van der Waals surface area contributed by atoms with Gasteiger partial charge in [-0.3, -0.25) is 4.79 Å². The SMILES string of the molecule is CCCn1c(C)cc(C(=O)COC(=O)c2cc(S(N)(=O)=O)ccc2F)c1C. The monoisotopic (exact) mass is 396 g/mol. The summed E-state index contributed by atoms with van der Waals surface area (Å²) in [6.45, 7) is 5.86. The van der Waals surface area contributed by atoms with Gasteiger partial charge < -0.3 is 9.30 Å². The number of ketones is 1. The number of carbonyl (C=O) groups excluding carboxylic acids is 2. The van der Waals surface area contributed by atoms with Crippen LogP contribution in [0.2, 0.25) is 0 Å². The summed E-state index contributed by atoms with van der Waals surface area (Å²) in [6, 6.07) is 4.24. The first-order valence-corrected chi connectivity index (χ1v) is 9.80. The van der Waals surface area contributed by atoms with E-state index in [0.717, 1.165) is 42.6 Å². The highest BCUT2D eigenvalue weighted by Gasteiger charge is 2.21. The van der Waals surface area contributed by atoms with E-state index >= 15 is 0 Å². The van der Waals surface area contributed by atoms with Gasteiger partial charge in [-0.05, 0) is 44.5 Å². The minimum atomic E-state index is -4.11. The molecule has 0 aliphatic carbocycles. The second-order valence-corrected chi connectivity index (χ2v) is 7.68. The van der Waals surface area contributed by atoms with E-state index in [2.05, 4.69) is 0 Å². The Balaban J connectivity index is 2.17. The van der Waals surface area contributed by atoms with Gasteiger partial charge in [-0.1, -0.05) is 6.92 Å². The first-order valence-electron chi connectivity index (χ1n) is 8.25. The van der Waals surface area contributed by atoms with Crippen LogP contribution in [0.1, 0.15) is 45.4 Å². The van der Waals surface area contributed by atoms with Crippen molar-refractivity contribution < 1.29 is 27.1 Å². The van der Waals surface area contributed by atoms with Gasteiger partial charge in [0, 0.05) is 23.5 Å². The van der Waals surface area contributed by atoms with Crippen LogP contribution in [-0.4, -0.2) is 31.3 Å². The van der Waals surface area contributed by atoms with E-state index in [-0.39, 0.29) is 0 Å². The van der Waals surface area contributed by atoms with Gasteiger partial charge in [0.15, 0.2) is 6.61 Å². The first-order chi connectivity index (χ1) is 12.6. The molecule has 0 aliphatic heterocycles. The molecule has 9 heteroatoms. The Bertz CT molecular complexity index is 995. The van der Waals surface area contributed by atoms with Gasteiger partial charge in [-0.15, -0.1) is 0 Å². The summed E-state index contributed by atoms with van der Waals surface area (Å²) in [5.74, 6) is -2.54. The third kappa shape index (κ3) is 4.61. The normalized spacial score (nSPS) is 11.4. The highest BCUT2D eigenvalue weighted by Crippen LogP contribution is 2.18. The molecule has 146 valence electrons. The first kappa shape index (κ1) is 20.8. The molecule has 1 aromatic carbocycles. The number of esters is 1. The Kier molecular flexibility index (Phi) is 6.17. The zero-order chi connectivity index (χ0) is 20.4. The number of ether oxygens (including phenoxy) is 1. The Morgan fingerprint density at radius 3 is 2.44 bits per heavy atom. The number of nitrogens with zero attached hydrogens (tertiary/aromatic N) is 1. The van der Waals surface area contributed by atoms with Crippen LogP contribution >= 0.6 is 0 Å². The van der Waals surface area contributed by atoms with Gasteiger partial charge in [0.05, 0.1) is 10.5 Å². The molecule has 2 rings (SSSR count). The van der Waals surface area contributed by atoms with Gasteiger partial charge in [0.25, 0.3) is 0 Å². The van der Waals surface area contributed by atoms with E-state index in [1.54, 1.807) is 13.0 Å². The molecular formula is C18H21FN2O5S. The number of Topliss-reactive ketones (excluding diaryl/α,β-unsaturated/α-hetero) is 1. The maximum Gasteiger partial charge on any atom is 0.341 e. The number of carbonyl (C=O) groups is 2. The lowest BCUT2D eigenvalue weighted by molar-refractivity contribution is 0.0469. The molecular weight excluding hydrogens is 375 g/mol. The Hall–Kier alpha value is -2.52. The summed E-state index contributed by atoms with van der Waals surface area (Å²) in [5, 5.41) is 4.97. The maximum atomic E-state index is 13.8. The van der Waals surface area contributed by atoms with Crippen molar-refractivity contribution in [1.29, 1.82) is 0 Å². The van der Waals surface area contributed by atoms with E-state index in [1.165, 1.54) is 0 Å². The van der Waals surface area contributed by atoms with Crippen LogP contribution in [0.4, 0.5) is 4.39 Å². The van der Waals surface area contributed by atoms with Gasteiger partial charge in [-0.2, -0.15) is 0 Å². The second-order valence-electron chi connectivity index (χ2n) is 6.12. The van der Waals surface area contributed by atoms with E-state index < -0.39 is 44.7 Å². The molecule has 0 saturated carbocycles. The summed E-state index contributed by atoms with van der Waals surface area (Å²) in [4.78, 5) is 24.0. The van der Waals surface area contributed by atoms with Crippen molar-refractivity contribution in [3.63, 3.8) is 0 Å². The summed E-state index contributed by atoms with van der Waals surface area (Å²) < 4.78 is 43.4. The lowest BCUT2D eigenvalue weighted by Gasteiger charge is -2.08. The van der Waals surface area contributed by atoms with Crippen molar-refractivity contribution in [2.45, 2.75) is 38.6 Å². The van der Waals surface area contributed by atoms with Crippen molar-refractivity contribution in [1.82, 2.24) is 4.57 Å². The summed E-state index contributed by atoms with van der Waals surface area (Å²) in [6.07, 6.45) is 0.901. The molecule has 27 heavy (non-hydrogen) atoms. The molecule has 1 aromatic heterocycles. The number of aryl methyl sites for hydroxylation is 1. The largest absolute Gasteiger partial charge is 0.454 e. The third-order valence-electron chi connectivity index (χ3n) is 4.14. The van der Waals surface area contributed by atoms with Crippen LogP contribution < -0.4 is 5.14 Å². The van der Waals surface area contributed by atoms with Gasteiger partial charge in [-0.25, -0.2) is 22.7 Å². The van der Waals surface area contributed by atoms with Crippen LogP contribution in [0.5, 0.6) is 0 Å². The average Bonchev–Trinajstić information content (AvgIpc) is 2.87. The van der Waals surface area contributed by atoms with Crippen LogP contribution in [-0.2, 0) is 21.3 Å². The number of benzene rings is 1. The Morgan fingerprint density at radius 1 is 1.19 bits per heavy atom. The number of rotatable bonds is 7. The predicted molar refractivity (Wildman–Crippen MR) is 96.6 cm³/mol. The predicted octanol–water partition coefficient (Wildman–Crippen LogP) is 2.34. The molecule has 0 saturated heterocycles. The van der Waals surface area contributed by atoms with Crippen molar-refractivity contribution in [3.05, 3.63) is 52.6 Å². The standard InChI is InChI=1S/C18H21FN2O5S/c1-4-7-21-11(2)8-14(12(21)3)17(22)10-26-18(23)15-9-13(27(20,24)25)5-6-16(15)19/h5-6,8-9H,4,7,10H2,1-3H3,(H2,20,24,25). The van der Waals surface area contributed by atoms with Gasteiger partial charge >= 0.3 is 5.97 Å². The number of halogens is 1. The highest BCUT2D eigenvalue weighted by atomic mass is 32.2. The molecule has 0 spiro atoms. The van der Waals surface area contributed by atoms with E-state index in [4.69, 9.17) is 9.88 Å². The number of hydrogen-bond donors (Lipinski definition) is 1. The Labute approximate surface area is 157 Å². The zero-order valence-electron chi connectivity index (χ0n) is 15.3. The third-order valence-corrected chi connectivity index (χ3v) is 5.05. The van der Waals surface area contributed by atoms with Crippen molar-refractivity contribution in [2.75, 3.05) is 6.61 Å². The molecule has 0 bridgehead atoms. The van der Waals surface area contributed by atoms with Gasteiger partial charge in [0.2, 0.25) is 15.8 Å². The fraction of sp³-hybridized carbons (Fsp3) is 0.333.